The highest BCUT2D eigenvalue weighted by molar-refractivity contribution is 6.32. The van der Waals surface area contributed by atoms with E-state index in [1.165, 1.54) is 0 Å². The number of aromatic nitrogens is 4. The molecule has 0 amide bonds. The summed E-state index contributed by atoms with van der Waals surface area (Å²) in [6.07, 6.45) is 4.68. The summed E-state index contributed by atoms with van der Waals surface area (Å²) < 4.78 is 9.79. The fourth-order valence-electron chi connectivity index (χ4n) is 5.36. The van der Waals surface area contributed by atoms with Gasteiger partial charge < -0.3 is 24.9 Å². The lowest BCUT2D eigenvalue weighted by molar-refractivity contribution is -0.795. The second-order valence-electron chi connectivity index (χ2n) is 9.34. The number of nitrogens with zero attached hydrogens (tertiary/aromatic N) is 2. The van der Waals surface area contributed by atoms with Gasteiger partial charge in [-0.15, -0.1) is 0 Å². The van der Waals surface area contributed by atoms with Crippen molar-refractivity contribution < 1.29 is 24.1 Å². The number of hydrogen-bond donors (Lipinski definition) is 4. The Morgan fingerprint density at radius 1 is 0.694 bits per heavy atom. The lowest BCUT2D eigenvalue weighted by Crippen LogP contribution is -2.62. The number of aliphatic hydroxyl groups is 2. The van der Waals surface area contributed by atoms with Gasteiger partial charge in [-0.25, -0.2) is 0 Å². The molecule has 6 aromatic rings. The van der Waals surface area contributed by atoms with E-state index in [4.69, 9.17) is 27.9 Å². The van der Waals surface area contributed by atoms with Crippen molar-refractivity contribution in [2.75, 3.05) is 6.61 Å². The molecule has 9 heteroatoms. The number of pyridine rings is 2. The largest absolute Gasteiger partial charge is 0.383 e. The Morgan fingerprint density at radius 2 is 1.25 bits per heavy atom. The standard InChI is InChI=1S/C27H20Cl2N4O3/c28-14-1-3-20-18(9-14)16-5-7-32(11-22(16)30-20)24-13-36-27(26(35)25(24)34)33-8-6-17-19-10-15(29)2-4-21(19)31-23(17)12-33/h1-12,24-27,34-35H,13H2/p+2/t24-,25+,26-,27-/m1/s1. The van der Waals surface area contributed by atoms with E-state index in [0.29, 0.717) is 10.0 Å². The first kappa shape index (κ1) is 22.0. The van der Waals surface area contributed by atoms with Gasteiger partial charge in [-0.2, -0.15) is 9.13 Å². The van der Waals surface area contributed by atoms with Crippen LogP contribution in [0.4, 0.5) is 0 Å². The van der Waals surface area contributed by atoms with Crippen LogP contribution in [0.5, 0.6) is 0 Å². The monoisotopic (exact) mass is 520 g/mol. The minimum atomic E-state index is -1.13. The SMILES string of the molecule is O[C@@H]1[C@@H](O)[C@H]([n+]2ccc3c(c2)[nH]c2ccc(Cl)cc23)OC[C@H]1[n+]1ccc2c(c1)[nH]c1ccc(Cl)cc12. The third kappa shape index (κ3) is 3.39. The summed E-state index contributed by atoms with van der Waals surface area (Å²) in [6.45, 7) is 0.235. The molecule has 0 unspecified atom stereocenters. The predicted molar refractivity (Wildman–Crippen MR) is 138 cm³/mol. The molecule has 1 aliphatic rings. The van der Waals surface area contributed by atoms with E-state index in [1.54, 1.807) is 4.57 Å². The fraction of sp³-hybridized carbons (Fsp3) is 0.185. The number of nitrogens with one attached hydrogen (secondary N) is 2. The fourth-order valence-corrected chi connectivity index (χ4v) is 5.70. The number of halogens is 2. The Labute approximate surface area is 215 Å². The Morgan fingerprint density at radius 3 is 1.86 bits per heavy atom. The topological polar surface area (TPSA) is 89.0 Å². The van der Waals surface area contributed by atoms with Gasteiger partial charge in [0.25, 0.3) is 6.23 Å². The maximum Gasteiger partial charge on any atom is 0.292 e. The van der Waals surface area contributed by atoms with Gasteiger partial charge >= 0.3 is 0 Å². The number of benzene rings is 2. The lowest BCUT2D eigenvalue weighted by Gasteiger charge is -2.31. The van der Waals surface area contributed by atoms with Crippen molar-refractivity contribution in [3.8, 4) is 0 Å². The van der Waals surface area contributed by atoms with Crippen molar-refractivity contribution in [1.29, 1.82) is 0 Å². The van der Waals surface area contributed by atoms with Crippen LogP contribution in [0.1, 0.15) is 12.3 Å². The molecule has 36 heavy (non-hydrogen) atoms. The summed E-state index contributed by atoms with van der Waals surface area (Å²) in [5.74, 6) is 0. The summed E-state index contributed by atoms with van der Waals surface area (Å²) in [5, 5.41) is 27.7. The minimum absolute atomic E-state index is 0.235. The average molecular weight is 521 g/mol. The first-order valence-electron chi connectivity index (χ1n) is 11.7. The van der Waals surface area contributed by atoms with E-state index >= 15 is 0 Å². The van der Waals surface area contributed by atoms with Crippen molar-refractivity contribution in [2.24, 2.45) is 0 Å². The van der Waals surface area contributed by atoms with E-state index < -0.39 is 24.5 Å². The first-order chi connectivity index (χ1) is 17.5. The molecule has 1 aliphatic heterocycles. The number of hydrogen-bond acceptors (Lipinski definition) is 3. The molecule has 1 fully saturated rings. The molecule has 0 aliphatic carbocycles. The molecular weight excluding hydrogens is 499 g/mol. The molecule has 180 valence electrons. The van der Waals surface area contributed by atoms with Gasteiger partial charge in [0, 0.05) is 54.8 Å². The van der Waals surface area contributed by atoms with Crippen LogP contribution in [0.2, 0.25) is 10.0 Å². The maximum atomic E-state index is 11.1. The highest BCUT2D eigenvalue weighted by Gasteiger charge is 2.48. The van der Waals surface area contributed by atoms with Gasteiger partial charge in [0.1, 0.15) is 17.6 Å². The molecule has 4 aromatic heterocycles. The molecule has 5 heterocycles. The zero-order valence-corrected chi connectivity index (χ0v) is 20.4. The number of rotatable bonds is 2. The third-order valence-corrected chi connectivity index (χ3v) is 7.67. The quantitative estimate of drug-likeness (QED) is 0.256. The van der Waals surface area contributed by atoms with Gasteiger partial charge in [0.2, 0.25) is 6.04 Å². The van der Waals surface area contributed by atoms with Gasteiger partial charge in [-0.1, -0.05) is 23.2 Å². The molecule has 7 rings (SSSR count). The average Bonchev–Trinajstić information content (AvgIpc) is 3.42. The van der Waals surface area contributed by atoms with Gasteiger partial charge in [-0.05, 0) is 36.4 Å². The zero-order chi connectivity index (χ0) is 24.6. The molecule has 0 spiro atoms. The Kier molecular flexibility index (Phi) is 4.99. The van der Waals surface area contributed by atoms with Crippen molar-refractivity contribution in [3.05, 3.63) is 83.4 Å². The first-order valence-corrected chi connectivity index (χ1v) is 12.4. The van der Waals surface area contributed by atoms with Crippen LogP contribution in [0, 0.1) is 0 Å². The Balaban J connectivity index is 1.19. The molecule has 1 saturated heterocycles. The van der Waals surface area contributed by atoms with Gasteiger partial charge in [-0.3, -0.25) is 0 Å². The Hall–Kier alpha value is -3.20. The van der Waals surface area contributed by atoms with Crippen LogP contribution in [0.25, 0.3) is 43.6 Å². The van der Waals surface area contributed by atoms with E-state index in [1.807, 2.05) is 77.9 Å². The van der Waals surface area contributed by atoms with Crippen LogP contribution < -0.4 is 9.13 Å². The van der Waals surface area contributed by atoms with Crippen LogP contribution in [-0.2, 0) is 4.74 Å². The van der Waals surface area contributed by atoms with Gasteiger partial charge in [0.15, 0.2) is 37.0 Å². The second-order valence-corrected chi connectivity index (χ2v) is 10.2. The van der Waals surface area contributed by atoms with E-state index in [0.717, 1.165) is 43.6 Å². The summed E-state index contributed by atoms with van der Waals surface area (Å²) in [4.78, 5) is 6.78. The molecule has 0 bridgehead atoms. The Bertz CT molecular complexity index is 1670. The highest BCUT2D eigenvalue weighted by Crippen LogP contribution is 2.30. The molecule has 0 radical (unpaired) electrons. The van der Waals surface area contributed by atoms with Crippen LogP contribution in [0.3, 0.4) is 0 Å². The lowest BCUT2D eigenvalue weighted by atomic mass is 10.0. The smallest absolute Gasteiger partial charge is 0.292 e. The molecule has 4 atom stereocenters. The third-order valence-electron chi connectivity index (χ3n) is 7.20. The molecular formula is C27H22Cl2N4O3+2. The normalized spacial score (nSPS) is 22.8. The van der Waals surface area contributed by atoms with E-state index in [9.17, 15) is 10.2 Å². The minimum Gasteiger partial charge on any atom is -0.383 e. The molecule has 7 nitrogen and oxygen atoms in total. The molecule has 2 aromatic carbocycles. The number of aliphatic hydroxyl groups excluding tert-OH is 2. The zero-order valence-electron chi connectivity index (χ0n) is 18.9. The van der Waals surface area contributed by atoms with Crippen LogP contribution in [0.15, 0.2) is 73.3 Å². The van der Waals surface area contributed by atoms with Crippen molar-refractivity contribution in [2.45, 2.75) is 24.5 Å². The summed E-state index contributed by atoms with van der Waals surface area (Å²) in [6, 6.07) is 14.9. The molecule has 0 saturated carbocycles. The summed E-state index contributed by atoms with van der Waals surface area (Å²) in [7, 11) is 0. The van der Waals surface area contributed by atoms with E-state index in [-0.39, 0.29) is 6.61 Å². The van der Waals surface area contributed by atoms with Crippen LogP contribution in [-0.4, -0.2) is 39.0 Å². The number of H-pyrrole nitrogens is 2. The summed E-state index contributed by atoms with van der Waals surface area (Å²) in [5.41, 5.74) is 3.76. The van der Waals surface area contributed by atoms with Crippen LogP contribution >= 0.6 is 23.2 Å². The highest BCUT2D eigenvalue weighted by atomic mass is 35.5. The predicted octanol–water partition coefficient (Wildman–Crippen LogP) is 4.33. The number of ether oxygens (including phenoxy) is 1. The molecule has 4 N–H and O–H groups in total. The number of aromatic amines is 2. The second kappa shape index (κ2) is 8.16. The number of fused-ring (bicyclic) bond motifs is 6. The van der Waals surface area contributed by atoms with Crippen molar-refractivity contribution in [1.82, 2.24) is 9.97 Å². The van der Waals surface area contributed by atoms with Gasteiger partial charge in [0.05, 0.1) is 0 Å². The van der Waals surface area contributed by atoms with Crippen molar-refractivity contribution in [3.63, 3.8) is 0 Å². The van der Waals surface area contributed by atoms with E-state index in [2.05, 4.69) is 9.97 Å². The maximum absolute atomic E-state index is 11.1. The van der Waals surface area contributed by atoms with Crippen molar-refractivity contribution >= 4 is 66.8 Å². The summed E-state index contributed by atoms with van der Waals surface area (Å²) >= 11 is 12.4.